The monoisotopic (exact) mass is 332 g/mol. The molecule has 3 rings (SSSR count). The molecule has 1 unspecified atom stereocenters. The van der Waals surface area contributed by atoms with E-state index in [2.05, 4.69) is 10.2 Å². The Balaban J connectivity index is 1.60. The lowest BCUT2D eigenvalue weighted by atomic mass is 9.95. The number of carbonyl (C=O) groups excluding carboxylic acids is 1. The minimum Gasteiger partial charge on any atom is -0.497 e. The number of likely N-dealkylation sites (tertiary alicyclic amines) is 1. The Morgan fingerprint density at radius 3 is 2.42 bits per heavy atom. The van der Waals surface area contributed by atoms with Crippen LogP contribution in [0.25, 0.3) is 0 Å². The molecule has 2 N–H and O–H groups in total. The first-order valence-corrected chi connectivity index (χ1v) is 8.99. The van der Waals surface area contributed by atoms with Crippen LogP contribution in [0.5, 0.6) is 5.75 Å². The zero-order valence-corrected chi connectivity index (χ0v) is 14.5. The maximum atomic E-state index is 12.4. The van der Waals surface area contributed by atoms with Crippen molar-refractivity contribution in [1.29, 1.82) is 0 Å². The van der Waals surface area contributed by atoms with Crippen molar-refractivity contribution in [3.05, 3.63) is 29.8 Å². The minimum atomic E-state index is -1.13. The zero-order valence-electron chi connectivity index (χ0n) is 14.5. The number of aliphatic hydroxyl groups excluding tert-OH is 1. The summed E-state index contributed by atoms with van der Waals surface area (Å²) in [5.41, 5.74) is 0.696. The number of carbonyl (C=O) groups is 1. The Bertz CT molecular complexity index is 546. The van der Waals surface area contributed by atoms with Crippen LogP contribution < -0.4 is 10.1 Å². The van der Waals surface area contributed by atoms with Crippen LogP contribution in [0, 0.1) is 0 Å². The summed E-state index contributed by atoms with van der Waals surface area (Å²) in [5, 5.41) is 13.3. The van der Waals surface area contributed by atoms with Gasteiger partial charge in [-0.15, -0.1) is 0 Å². The first kappa shape index (κ1) is 17.2. The third kappa shape index (κ3) is 3.57. The molecule has 1 heterocycles. The second kappa shape index (κ2) is 7.53. The van der Waals surface area contributed by atoms with Gasteiger partial charge in [0.2, 0.25) is 0 Å². The summed E-state index contributed by atoms with van der Waals surface area (Å²) < 4.78 is 5.11. The molecule has 1 aromatic carbocycles. The Labute approximate surface area is 144 Å². The Morgan fingerprint density at radius 1 is 1.21 bits per heavy atom. The molecule has 2 fully saturated rings. The SMILES string of the molecule is COc1ccc(C(O)C(=O)NCC2(N3CCCC3)CCCC2)cc1. The van der Waals surface area contributed by atoms with Crippen molar-refractivity contribution in [2.45, 2.75) is 50.2 Å². The molecule has 0 bridgehead atoms. The van der Waals surface area contributed by atoms with E-state index in [1.54, 1.807) is 31.4 Å². The van der Waals surface area contributed by atoms with Crippen molar-refractivity contribution < 1.29 is 14.6 Å². The summed E-state index contributed by atoms with van der Waals surface area (Å²) in [7, 11) is 1.59. The Morgan fingerprint density at radius 2 is 1.83 bits per heavy atom. The van der Waals surface area contributed by atoms with Crippen molar-refractivity contribution in [3.63, 3.8) is 0 Å². The highest BCUT2D eigenvalue weighted by Gasteiger charge is 2.40. The normalized spacial score (nSPS) is 21.6. The molecule has 5 heteroatoms. The van der Waals surface area contributed by atoms with Gasteiger partial charge in [-0.05, 0) is 56.5 Å². The molecule has 24 heavy (non-hydrogen) atoms. The van der Waals surface area contributed by atoms with E-state index >= 15 is 0 Å². The molecule has 2 aliphatic rings. The van der Waals surface area contributed by atoms with Crippen LogP contribution in [0.3, 0.4) is 0 Å². The predicted octanol–water partition coefficient (Wildman–Crippen LogP) is 2.25. The number of aliphatic hydroxyl groups is 1. The fourth-order valence-electron chi connectivity index (χ4n) is 4.12. The average molecular weight is 332 g/mol. The average Bonchev–Trinajstić information content (AvgIpc) is 3.31. The zero-order chi connectivity index (χ0) is 17.0. The van der Waals surface area contributed by atoms with Gasteiger partial charge in [-0.1, -0.05) is 25.0 Å². The Kier molecular flexibility index (Phi) is 5.41. The van der Waals surface area contributed by atoms with Gasteiger partial charge in [-0.25, -0.2) is 0 Å². The first-order valence-electron chi connectivity index (χ1n) is 8.99. The van der Waals surface area contributed by atoms with E-state index in [1.165, 1.54) is 25.7 Å². The van der Waals surface area contributed by atoms with Crippen molar-refractivity contribution >= 4 is 5.91 Å². The van der Waals surface area contributed by atoms with E-state index in [0.717, 1.165) is 25.9 Å². The number of rotatable bonds is 6. The van der Waals surface area contributed by atoms with Gasteiger partial charge in [0.15, 0.2) is 6.10 Å². The van der Waals surface area contributed by atoms with Gasteiger partial charge in [-0.3, -0.25) is 9.69 Å². The van der Waals surface area contributed by atoms with E-state index in [4.69, 9.17) is 4.74 Å². The Hall–Kier alpha value is -1.59. The molecule has 0 spiro atoms. The van der Waals surface area contributed by atoms with Gasteiger partial charge in [-0.2, -0.15) is 0 Å². The molecule has 1 saturated carbocycles. The largest absolute Gasteiger partial charge is 0.497 e. The summed E-state index contributed by atoms with van der Waals surface area (Å²) in [5.74, 6) is 0.399. The van der Waals surface area contributed by atoms with Crippen molar-refractivity contribution in [2.75, 3.05) is 26.7 Å². The van der Waals surface area contributed by atoms with Crippen LogP contribution in [-0.2, 0) is 4.79 Å². The number of hydrogen-bond acceptors (Lipinski definition) is 4. The summed E-state index contributed by atoms with van der Waals surface area (Å²) >= 11 is 0. The molecule has 0 radical (unpaired) electrons. The standard InChI is InChI=1S/C19H28N2O3/c1-24-16-8-6-15(7-9-16)17(22)18(23)20-14-19(10-2-3-11-19)21-12-4-5-13-21/h6-9,17,22H,2-5,10-14H2,1H3,(H,20,23). The van der Waals surface area contributed by atoms with Crippen LogP contribution in [-0.4, -0.2) is 48.2 Å². The highest BCUT2D eigenvalue weighted by molar-refractivity contribution is 5.82. The summed E-state index contributed by atoms with van der Waals surface area (Å²) in [6.07, 6.45) is 6.13. The second-order valence-corrected chi connectivity index (χ2v) is 7.02. The molecule has 0 aromatic heterocycles. The highest BCUT2D eigenvalue weighted by atomic mass is 16.5. The number of nitrogens with zero attached hydrogens (tertiary/aromatic N) is 1. The summed E-state index contributed by atoms with van der Waals surface area (Å²) in [6.45, 7) is 2.91. The van der Waals surface area contributed by atoms with E-state index < -0.39 is 6.10 Å². The number of hydrogen-bond donors (Lipinski definition) is 2. The number of amides is 1. The van der Waals surface area contributed by atoms with Crippen molar-refractivity contribution in [2.24, 2.45) is 0 Å². The quantitative estimate of drug-likeness (QED) is 0.839. The van der Waals surface area contributed by atoms with Gasteiger partial charge in [0.25, 0.3) is 5.91 Å². The number of methoxy groups -OCH3 is 1. The van der Waals surface area contributed by atoms with Gasteiger partial charge < -0.3 is 15.2 Å². The van der Waals surface area contributed by atoms with Crippen molar-refractivity contribution in [1.82, 2.24) is 10.2 Å². The lowest BCUT2D eigenvalue weighted by Crippen LogP contribution is -2.53. The number of nitrogens with one attached hydrogen (secondary N) is 1. The predicted molar refractivity (Wildman–Crippen MR) is 93.0 cm³/mol. The van der Waals surface area contributed by atoms with Crippen LogP contribution in [0.4, 0.5) is 0 Å². The van der Waals surface area contributed by atoms with Crippen LogP contribution in [0.1, 0.15) is 50.2 Å². The smallest absolute Gasteiger partial charge is 0.253 e. The lowest BCUT2D eigenvalue weighted by Gasteiger charge is -2.39. The number of benzene rings is 1. The van der Waals surface area contributed by atoms with Gasteiger partial charge in [0.1, 0.15) is 5.75 Å². The molecule has 132 valence electrons. The van der Waals surface area contributed by atoms with E-state index in [1.807, 2.05) is 0 Å². The third-order valence-electron chi connectivity index (χ3n) is 5.58. The molecule has 5 nitrogen and oxygen atoms in total. The minimum absolute atomic E-state index is 0.103. The highest BCUT2D eigenvalue weighted by Crippen LogP contribution is 2.37. The maximum Gasteiger partial charge on any atom is 0.253 e. The number of ether oxygens (including phenoxy) is 1. The molecular formula is C19H28N2O3. The van der Waals surface area contributed by atoms with E-state index in [9.17, 15) is 9.90 Å². The van der Waals surface area contributed by atoms with E-state index in [0.29, 0.717) is 17.9 Å². The summed E-state index contributed by atoms with van der Waals surface area (Å²) in [4.78, 5) is 15.0. The topological polar surface area (TPSA) is 61.8 Å². The second-order valence-electron chi connectivity index (χ2n) is 7.02. The van der Waals surface area contributed by atoms with E-state index in [-0.39, 0.29) is 11.4 Å². The summed E-state index contributed by atoms with van der Waals surface area (Å²) in [6, 6.07) is 6.98. The van der Waals surface area contributed by atoms with Crippen LogP contribution in [0.2, 0.25) is 0 Å². The van der Waals surface area contributed by atoms with Crippen LogP contribution in [0.15, 0.2) is 24.3 Å². The fraction of sp³-hybridized carbons (Fsp3) is 0.632. The third-order valence-corrected chi connectivity index (χ3v) is 5.58. The molecule has 1 aliphatic carbocycles. The fourth-order valence-corrected chi connectivity index (χ4v) is 4.12. The van der Waals surface area contributed by atoms with Crippen LogP contribution >= 0.6 is 0 Å². The molecule has 1 atom stereocenters. The first-order chi connectivity index (χ1) is 11.6. The molecule has 1 amide bonds. The lowest BCUT2D eigenvalue weighted by molar-refractivity contribution is -0.130. The van der Waals surface area contributed by atoms with Gasteiger partial charge in [0, 0.05) is 12.1 Å². The van der Waals surface area contributed by atoms with Crippen molar-refractivity contribution in [3.8, 4) is 5.75 Å². The maximum absolute atomic E-state index is 12.4. The molecule has 1 aliphatic heterocycles. The molecular weight excluding hydrogens is 304 g/mol. The van der Waals surface area contributed by atoms with Gasteiger partial charge >= 0.3 is 0 Å². The molecule has 1 aromatic rings. The molecule has 1 saturated heterocycles. The van der Waals surface area contributed by atoms with Gasteiger partial charge in [0.05, 0.1) is 7.11 Å².